The van der Waals surface area contributed by atoms with Crippen LogP contribution in [0.2, 0.25) is 0 Å². The first-order chi connectivity index (χ1) is 12.1. The maximum atomic E-state index is 12.4. The molecule has 0 saturated carbocycles. The van der Waals surface area contributed by atoms with E-state index in [0.717, 1.165) is 25.0 Å². The minimum Gasteiger partial charge on any atom is -0.458 e. The number of anilines is 1. The minimum absolute atomic E-state index is 0.0241. The van der Waals surface area contributed by atoms with E-state index < -0.39 is 0 Å². The van der Waals surface area contributed by atoms with E-state index in [0.29, 0.717) is 23.6 Å². The Hall–Kier alpha value is -2.60. The molecule has 1 aliphatic heterocycles. The van der Waals surface area contributed by atoms with Gasteiger partial charge in [0.15, 0.2) is 5.76 Å². The Morgan fingerprint density at radius 2 is 2.00 bits per heavy atom. The van der Waals surface area contributed by atoms with E-state index in [1.54, 1.807) is 41.3 Å². The van der Waals surface area contributed by atoms with Gasteiger partial charge in [-0.3, -0.25) is 4.79 Å². The van der Waals surface area contributed by atoms with E-state index in [1.807, 2.05) is 6.92 Å². The van der Waals surface area contributed by atoms with Crippen molar-refractivity contribution in [3.63, 3.8) is 0 Å². The van der Waals surface area contributed by atoms with Gasteiger partial charge in [-0.2, -0.15) is 0 Å². The second kappa shape index (κ2) is 7.53. The fraction of sp³-hybridized carbons (Fsp3) is 0.368. The first kappa shape index (κ1) is 17.2. The predicted octanol–water partition coefficient (Wildman–Crippen LogP) is 3.06. The summed E-state index contributed by atoms with van der Waals surface area (Å²) in [7, 11) is 0. The normalized spacial score (nSPS) is 16.9. The molecule has 1 fully saturated rings. The fourth-order valence-electron chi connectivity index (χ4n) is 3.03. The quantitative estimate of drug-likeness (QED) is 0.818. The van der Waals surface area contributed by atoms with Gasteiger partial charge < -0.3 is 19.7 Å². The molecule has 1 aromatic carbocycles. The number of amides is 2. The first-order valence-corrected chi connectivity index (χ1v) is 8.54. The lowest BCUT2D eigenvalue weighted by molar-refractivity contribution is 0.101. The molecular weight excluding hydrogens is 320 g/mol. The summed E-state index contributed by atoms with van der Waals surface area (Å²) in [5, 5.41) is 12.1. The van der Waals surface area contributed by atoms with E-state index in [1.165, 1.54) is 0 Å². The number of aryl methyl sites for hydroxylation is 1. The fourth-order valence-corrected chi connectivity index (χ4v) is 3.03. The summed E-state index contributed by atoms with van der Waals surface area (Å²) >= 11 is 0. The molecule has 2 aromatic rings. The first-order valence-electron chi connectivity index (χ1n) is 8.54. The monoisotopic (exact) mass is 342 g/mol. The number of aliphatic hydroxyl groups is 1. The van der Waals surface area contributed by atoms with Crippen LogP contribution in [0.4, 0.5) is 10.5 Å². The number of aliphatic hydroxyl groups excluding tert-OH is 1. The van der Waals surface area contributed by atoms with Gasteiger partial charge in [0.2, 0.25) is 5.78 Å². The van der Waals surface area contributed by atoms with Gasteiger partial charge in [0.25, 0.3) is 0 Å². The molecule has 0 aliphatic carbocycles. The van der Waals surface area contributed by atoms with Crippen molar-refractivity contribution in [2.24, 2.45) is 0 Å². The van der Waals surface area contributed by atoms with E-state index >= 15 is 0 Å². The van der Waals surface area contributed by atoms with Crippen LogP contribution in [0.1, 0.15) is 41.6 Å². The number of benzene rings is 1. The number of ketones is 1. The van der Waals surface area contributed by atoms with Crippen molar-refractivity contribution in [2.75, 3.05) is 18.5 Å². The summed E-state index contributed by atoms with van der Waals surface area (Å²) < 4.78 is 5.49. The number of rotatable bonds is 5. The Morgan fingerprint density at radius 3 is 2.64 bits per heavy atom. The summed E-state index contributed by atoms with van der Waals surface area (Å²) in [6.45, 7) is 2.59. The van der Waals surface area contributed by atoms with Crippen LogP contribution < -0.4 is 5.32 Å². The summed E-state index contributed by atoms with van der Waals surface area (Å²) in [4.78, 5) is 26.3. The van der Waals surface area contributed by atoms with E-state index in [4.69, 9.17) is 4.42 Å². The number of likely N-dealkylation sites (tertiary alicyclic amines) is 1. The van der Waals surface area contributed by atoms with Crippen LogP contribution in [0.5, 0.6) is 0 Å². The molecule has 1 aromatic heterocycles. The number of nitrogens with one attached hydrogen (secondary N) is 1. The zero-order valence-corrected chi connectivity index (χ0v) is 14.2. The molecule has 3 rings (SSSR count). The molecule has 6 heteroatoms. The highest BCUT2D eigenvalue weighted by Gasteiger charge is 2.28. The summed E-state index contributed by atoms with van der Waals surface area (Å²) in [6.07, 6.45) is 2.46. The molecule has 0 radical (unpaired) electrons. The van der Waals surface area contributed by atoms with Crippen LogP contribution in [0.3, 0.4) is 0 Å². The molecule has 1 atom stereocenters. The maximum Gasteiger partial charge on any atom is 0.322 e. The molecule has 2 N–H and O–H groups in total. The molecule has 1 aliphatic rings. The van der Waals surface area contributed by atoms with Gasteiger partial charge in [-0.05, 0) is 49.2 Å². The number of nitrogens with zero attached hydrogens (tertiary/aromatic N) is 1. The number of carbonyl (C=O) groups excluding carboxylic acids is 2. The molecule has 0 unspecified atom stereocenters. The lowest BCUT2D eigenvalue weighted by Crippen LogP contribution is -2.40. The lowest BCUT2D eigenvalue weighted by Gasteiger charge is -2.23. The van der Waals surface area contributed by atoms with Gasteiger partial charge in [0.1, 0.15) is 5.76 Å². The lowest BCUT2D eigenvalue weighted by atomic mass is 10.1. The van der Waals surface area contributed by atoms with Crippen LogP contribution in [0.15, 0.2) is 40.8 Å². The second-order valence-corrected chi connectivity index (χ2v) is 6.13. The largest absolute Gasteiger partial charge is 0.458 e. The molecular formula is C19H22N2O4. The average molecular weight is 342 g/mol. The van der Waals surface area contributed by atoms with Crippen molar-refractivity contribution in [1.82, 2.24) is 4.90 Å². The zero-order valence-electron chi connectivity index (χ0n) is 14.2. The van der Waals surface area contributed by atoms with Crippen molar-refractivity contribution >= 4 is 17.5 Å². The van der Waals surface area contributed by atoms with Gasteiger partial charge >= 0.3 is 6.03 Å². The highest BCUT2D eigenvalue weighted by Crippen LogP contribution is 2.20. The van der Waals surface area contributed by atoms with Gasteiger partial charge in [-0.15, -0.1) is 0 Å². The smallest absolute Gasteiger partial charge is 0.322 e. The average Bonchev–Trinajstić information content (AvgIpc) is 3.30. The maximum absolute atomic E-state index is 12.4. The van der Waals surface area contributed by atoms with E-state index in [2.05, 4.69) is 5.32 Å². The van der Waals surface area contributed by atoms with Gasteiger partial charge in [-0.1, -0.05) is 6.92 Å². The van der Waals surface area contributed by atoms with Gasteiger partial charge in [-0.25, -0.2) is 4.79 Å². The highest BCUT2D eigenvalue weighted by molar-refractivity contribution is 6.07. The molecule has 2 amide bonds. The Bertz CT molecular complexity index is 751. The number of hydrogen-bond donors (Lipinski definition) is 2. The van der Waals surface area contributed by atoms with Crippen LogP contribution in [0, 0.1) is 0 Å². The summed E-state index contributed by atoms with van der Waals surface area (Å²) in [5.41, 5.74) is 1.11. The number of hydrogen-bond acceptors (Lipinski definition) is 4. The van der Waals surface area contributed by atoms with Crippen LogP contribution in [-0.2, 0) is 6.42 Å². The van der Waals surface area contributed by atoms with E-state index in [-0.39, 0.29) is 24.5 Å². The Morgan fingerprint density at radius 1 is 1.24 bits per heavy atom. The van der Waals surface area contributed by atoms with Crippen LogP contribution in [-0.4, -0.2) is 41.0 Å². The van der Waals surface area contributed by atoms with Crippen molar-refractivity contribution < 1.29 is 19.1 Å². The Labute approximate surface area is 146 Å². The SMILES string of the molecule is CCc1ccc(C(=O)c2ccc(NC(=O)N3CCC[C@@H]3CO)cc2)o1. The number of carbonyl (C=O) groups is 2. The summed E-state index contributed by atoms with van der Waals surface area (Å²) in [6, 6.07) is 9.85. The third kappa shape index (κ3) is 3.74. The minimum atomic E-state index is -0.228. The standard InChI is InChI=1S/C19H22N2O4/c1-2-16-9-10-17(25-16)18(23)13-5-7-14(8-6-13)20-19(24)21-11-3-4-15(21)12-22/h5-10,15,22H,2-4,11-12H2,1H3,(H,20,24)/t15-/m1/s1. The number of urea groups is 1. The Kier molecular flexibility index (Phi) is 5.19. The third-order valence-corrected chi connectivity index (χ3v) is 4.48. The molecule has 2 heterocycles. The second-order valence-electron chi connectivity index (χ2n) is 6.13. The predicted molar refractivity (Wildman–Crippen MR) is 93.8 cm³/mol. The third-order valence-electron chi connectivity index (χ3n) is 4.48. The topological polar surface area (TPSA) is 82.8 Å². The van der Waals surface area contributed by atoms with Crippen molar-refractivity contribution in [2.45, 2.75) is 32.2 Å². The van der Waals surface area contributed by atoms with Crippen molar-refractivity contribution in [1.29, 1.82) is 0 Å². The van der Waals surface area contributed by atoms with Crippen LogP contribution >= 0.6 is 0 Å². The zero-order chi connectivity index (χ0) is 17.8. The van der Waals surface area contributed by atoms with Gasteiger partial charge in [0.05, 0.1) is 12.6 Å². The molecule has 0 spiro atoms. The molecule has 0 bridgehead atoms. The molecule has 1 saturated heterocycles. The molecule has 132 valence electrons. The van der Waals surface area contributed by atoms with Crippen molar-refractivity contribution in [3.8, 4) is 0 Å². The van der Waals surface area contributed by atoms with Gasteiger partial charge in [0, 0.05) is 24.2 Å². The molecule has 6 nitrogen and oxygen atoms in total. The summed E-state index contributed by atoms with van der Waals surface area (Å²) in [5.74, 6) is 0.908. The van der Waals surface area contributed by atoms with E-state index in [9.17, 15) is 14.7 Å². The Balaban J connectivity index is 1.65. The van der Waals surface area contributed by atoms with Crippen LogP contribution in [0.25, 0.3) is 0 Å². The number of furan rings is 1. The highest BCUT2D eigenvalue weighted by atomic mass is 16.3. The molecule has 25 heavy (non-hydrogen) atoms. The van der Waals surface area contributed by atoms with Crippen molar-refractivity contribution in [3.05, 3.63) is 53.5 Å².